The van der Waals surface area contributed by atoms with E-state index in [2.05, 4.69) is 9.97 Å². The van der Waals surface area contributed by atoms with Crippen LogP contribution < -0.4 is 4.74 Å². The summed E-state index contributed by atoms with van der Waals surface area (Å²) >= 11 is 0. The van der Waals surface area contributed by atoms with Gasteiger partial charge in [0.1, 0.15) is 23.0 Å². The number of imidazole rings is 1. The number of fused-ring (bicyclic) bond motifs is 5. The maximum absolute atomic E-state index is 15.1. The van der Waals surface area contributed by atoms with E-state index in [1.807, 2.05) is 4.57 Å². The molecular formula is C25H21F3N4O2. The normalized spacial score (nSPS) is 21.1. The maximum atomic E-state index is 15.1. The number of benzene rings is 2. The summed E-state index contributed by atoms with van der Waals surface area (Å²) in [4.78, 5) is 13.1. The summed E-state index contributed by atoms with van der Waals surface area (Å²) in [6.45, 7) is 0.223. The minimum atomic E-state index is -2.93. The highest BCUT2D eigenvalue weighted by Gasteiger charge is 2.55. The van der Waals surface area contributed by atoms with E-state index in [-0.39, 0.29) is 29.5 Å². The Hall–Kier alpha value is -3.46. The van der Waals surface area contributed by atoms with Crippen LogP contribution in [0, 0.1) is 11.7 Å². The van der Waals surface area contributed by atoms with Gasteiger partial charge in [-0.1, -0.05) is 18.2 Å². The zero-order chi connectivity index (χ0) is 23.8. The Labute approximate surface area is 193 Å². The fourth-order valence-corrected chi connectivity index (χ4v) is 5.04. The van der Waals surface area contributed by atoms with Crippen molar-refractivity contribution in [2.24, 2.45) is 5.92 Å². The fraction of sp³-hybridized carbons (Fsp3) is 0.320. The highest BCUT2D eigenvalue weighted by Crippen LogP contribution is 2.63. The van der Waals surface area contributed by atoms with Gasteiger partial charge in [-0.3, -0.25) is 0 Å². The predicted molar refractivity (Wildman–Crippen MR) is 118 cm³/mol. The molecule has 0 spiro atoms. The minimum Gasteiger partial charge on any atom is -0.434 e. The van der Waals surface area contributed by atoms with Gasteiger partial charge in [-0.05, 0) is 38.3 Å². The summed E-state index contributed by atoms with van der Waals surface area (Å²) in [5.74, 6) is 1.19. The molecule has 1 N–H and O–H groups in total. The third-order valence-electron chi connectivity index (χ3n) is 6.62. The van der Waals surface area contributed by atoms with Crippen LogP contribution in [0.2, 0.25) is 0 Å². The van der Waals surface area contributed by atoms with Crippen LogP contribution in [0.4, 0.5) is 13.2 Å². The molecule has 4 aromatic rings. The molecule has 0 bridgehead atoms. The molecule has 3 heterocycles. The number of halogens is 3. The second-order valence-corrected chi connectivity index (χ2v) is 9.38. The van der Waals surface area contributed by atoms with Crippen LogP contribution in [0.3, 0.4) is 0 Å². The van der Waals surface area contributed by atoms with Crippen LogP contribution in [-0.4, -0.2) is 31.2 Å². The largest absolute Gasteiger partial charge is 0.434 e. The smallest absolute Gasteiger partial charge is 0.387 e. The maximum Gasteiger partial charge on any atom is 0.387 e. The number of alkyl halides is 2. The fourth-order valence-electron chi connectivity index (χ4n) is 5.04. The third-order valence-corrected chi connectivity index (χ3v) is 6.62. The summed E-state index contributed by atoms with van der Waals surface area (Å²) in [6, 6.07) is 9.67. The van der Waals surface area contributed by atoms with E-state index in [0.717, 1.165) is 12.2 Å². The van der Waals surface area contributed by atoms with Crippen molar-refractivity contribution < 1.29 is 23.0 Å². The molecule has 2 aromatic carbocycles. The summed E-state index contributed by atoms with van der Waals surface area (Å²) in [7, 11) is 0. The van der Waals surface area contributed by atoms with Crippen LogP contribution in [0.25, 0.3) is 22.2 Å². The van der Waals surface area contributed by atoms with Gasteiger partial charge in [0.2, 0.25) is 0 Å². The summed E-state index contributed by atoms with van der Waals surface area (Å²) in [5, 5.41) is 10.1. The van der Waals surface area contributed by atoms with Gasteiger partial charge in [0.25, 0.3) is 0 Å². The van der Waals surface area contributed by atoms with Gasteiger partial charge in [0.15, 0.2) is 5.82 Å². The molecule has 174 valence electrons. The number of para-hydroxylation sites is 1. The SMILES string of the molecule is CC(C)(O)c1ncc(-c2cc3c(cc2F)nc2n3[C@H](c3ccccc3OC(F)F)[C@@H]3C[C@H]23)cn1. The van der Waals surface area contributed by atoms with Crippen molar-refractivity contribution >= 4 is 11.0 Å². The topological polar surface area (TPSA) is 73.1 Å². The van der Waals surface area contributed by atoms with Crippen molar-refractivity contribution in [3.63, 3.8) is 0 Å². The van der Waals surface area contributed by atoms with E-state index in [1.54, 1.807) is 44.2 Å². The van der Waals surface area contributed by atoms with Gasteiger partial charge < -0.3 is 14.4 Å². The number of hydrogen-bond donors (Lipinski definition) is 1. The first-order valence-electron chi connectivity index (χ1n) is 11.0. The van der Waals surface area contributed by atoms with E-state index >= 15 is 4.39 Å². The zero-order valence-corrected chi connectivity index (χ0v) is 18.4. The number of rotatable bonds is 5. The monoisotopic (exact) mass is 466 g/mol. The summed E-state index contributed by atoms with van der Waals surface area (Å²) in [6.07, 6.45) is 3.86. The Balaban J connectivity index is 1.48. The lowest BCUT2D eigenvalue weighted by atomic mass is 10.0. The molecule has 34 heavy (non-hydrogen) atoms. The first-order chi connectivity index (χ1) is 16.2. The molecule has 1 aliphatic carbocycles. The molecule has 6 rings (SSSR count). The molecule has 0 unspecified atom stereocenters. The van der Waals surface area contributed by atoms with Crippen molar-refractivity contribution in [1.29, 1.82) is 0 Å². The quantitative estimate of drug-likeness (QED) is 0.440. The number of nitrogens with zero attached hydrogens (tertiary/aromatic N) is 4. The van der Waals surface area contributed by atoms with Gasteiger partial charge in [-0.25, -0.2) is 19.3 Å². The molecule has 9 heteroatoms. The van der Waals surface area contributed by atoms with Gasteiger partial charge >= 0.3 is 6.61 Å². The van der Waals surface area contributed by atoms with E-state index in [1.165, 1.54) is 18.5 Å². The van der Waals surface area contributed by atoms with Crippen LogP contribution in [0.15, 0.2) is 48.8 Å². The highest BCUT2D eigenvalue weighted by atomic mass is 19.3. The van der Waals surface area contributed by atoms with Crippen molar-refractivity contribution in [3.8, 4) is 16.9 Å². The molecule has 1 fully saturated rings. The second kappa shape index (κ2) is 7.27. The van der Waals surface area contributed by atoms with Gasteiger partial charge in [0, 0.05) is 41.1 Å². The third kappa shape index (κ3) is 3.26. The Morgan fingerprint density at radius 1 is 1.15 bits per heavy atom. The van der Waals surface area contributed by atoms with Crippen molar-refractivity contribution in [2.45, 2.75) is 44.4 Å². The average Bonchev–Trinajstić information content (AvgIpc) is 3.39. The number of hydrogen-bond acceptors (Lipinski definition) is 5. The standard InChI is InChI=1S/C25H21F3N4O2/c1-25(2,33)23-29-10-12(11-30-23)14-8-19-18(9-17(14)26)31-22-16-7-15(16)21(32(19)22)13-5-3-4-6-20(13)34-24(27)28/h3-6,8-11,15-16,21,24,33H,7H2,1-2H3/t15-,16+,21-/m1/s1. The Bertz CT molecular complexity index is 1410. The van der Waals surface area contributed by atoms with Gasteiger partial charge in [-0.2, -0.15) is 8.78 Å². The molecule has 0 amide bonds. The first kappa shape index (κ1) is 21.1. The van der Waals surface area contributed by atoms with Gasteiger partial charge in [0.05, 0.1) is 17.1 Å². The Kier molecular flexibility index (Phi) is 4.51. The van der Waals surface area contributed by atoms with E-state index in [9.17, 15) is 13.9 Å². The highest BCUT2D eigenvalue weighted by molar-refractivity contribution is 5.84. The average molecular weight is 466 g/mol. The number of aliphatic hydroxyl groups is 1. The predicted octanol–water partition coefficient (Wildman–Crippen LogP) is 5.17. The van der Waals surface area contributed by atoms with Crippen LogP contribution in [-0.2, 0) is 5.60 Å². The number of aromatic nitrogens is 4. The first-order valence-corrected chi connectivity index (χ1v) is 11.0. The van der Waals surface area contributed by atoms with Crippen molar-refractivity contribution in [3.05, 3.63) is 71.8 Å². The summed E-state index contributed by atoms with van der Waals surface area (Å²) < 4.78 is 48.0. The molecule has 3 atom stereocenters. The molecule has 1 aliphatic heterocycles. The molecule has 6 nitrogen and oxygen atoms in total. The van der Waals surface area contributed by atoms with Crippen LogP contribution in [0.1, 0.15) is 49.4 Å². The second-order valence-electron chi connectivity index (χ2n) is 9.38. The van der Waals surface area contributed by atoms with E-state index < -0.39 is 18.0 Å². The molecule has 1 saturated carbocycles. The molecule has 2 aliphatic rings. The van der Waals surface area contributed by atoms with Crippen molar-refractivity contribution in [2.75, 3.05) is 0 Å². The lowest BCUT2D eigenvalue weighted by Crippen LogP contribution is -2.19. The number of ether oxygens (including phenoxy) is 1. The Morgan fingerprint density at radius 2 is 1.88 bits per heavy atom. The zero-order valence-electron chi connectivity index (χ0n) is 18.4. The summed E-state index contributed by atoms with van der Waals surface area (Å²) in [5.41, 5.74) is 1.43. The van der Waals surface area contributed by atoms with E-state index in [0.29, 0.717) is 27.7 Å². The van der Waals surface area contributed by atoms with Crippen LogP contribution >= 0.6 is 0 Å². The lowest BCUT2D eigenvalue weighted by molar-refractivity contribution is -0.0507. The molecular weight excluding hydrogens is 445 g/mol. The molecule has 2 aromatic heterocycles. The molecule has 0 radical (unpaired) electrons. The van der Waals surface area contributed by atoms with Crippen LogP contribution in [0.5, 0.6) is 5.75 Å². The minimum absolute atomic E-state index is 0.140. The Morgan fingerprint density at radius 3 is 2.59 bits per heavy atom. The molecule has 0 saturated heterocycles. The van der Waals surface area contributed by atoms with Gasteiger partial charge in [-0.15, -0.1) is 0 Å². The van der Waals surface area contributed by atoms with Crippen molar-refractivity contribution in [1.82, 2.24) is 19.5 Å². The van der Waals surface area contributed by atoms with E-state index in [4.69, 9.17) is 9.72 Å². The lowest BCUT2D eigenvalue weighted by Gasteiger charge is -2.21.